The quantitative estimate of drug-likeness (QED) is 0.499. The normalized spacial score (nSPS) is 19.6. The lowest BCUT2D eigenvalue weighted by Crippen LogP contribution is -2.19. The van der Waals surface area contributed by atoms with Gasteiger partial charge in [0.05, 0.1) is 11.8 Å². The molecule has 1 atom stereocenters. The van der Waals surface area contributed by atoms with Gasteiger partial charge in [0.25, 0.3) is 5.56 Å². The van der Waals surface area contributed by atoms with Gasteiger partial charge in [-0.2, -0.15) is 4.68 Å². The molecule has 1 aromatic carbocycles. The molecule has 1 saturated heterocycles. The van der Waals surface area contributed by atoms with E-state index in [9.17, 15) is 4.79 Å². The van der Waals surface area contributed by atoms with Gasteiger partial charge in [-0.15, -0.1) is 5.10 Å². The number of aromatic nitrogens is 4. The average Bonchev–Trinajstić information content (AvgIpc) is 3.28. The Morgan fingerprint density at radius 3 is 2.86 bits per heavy atom. The Kier molecular flexibility index (Phi) is 4.94. The van der Waals surface area contributed by atoms with Gasteiger partial charge in [0.2, 0.25) is 0 Å². The topological polar surface area (TPSA) is 61.9 Å². The molecule has 1 fully saturated rings. The number of nitrogens with zero attached hydrogens (tertiary/aromatic N) is 4. The Hall–Kier alpha value is -2.12. The summed E-state index contributed by atoms with van der Waals surface area (Å²) in [5.41, 5.74) is 2.51. The number of benzene rings is 1. The number of para-hydroxylation sites is 1. The summed E-state index contributed by atoms with van der Waals surface area (Å²) in [6, 6.07) is 9.61. The Labute approximate surface area is 168 Å². The molecular formula is C21H24N4O2S. The summed E-state index contributed by atoms with van der Waals surface area (Å²) in [6.45, 7) is 1.78. The van der Waals surface area contributed by atoms with E-state index >= 15 is 0 Å². The van der Waals surface area contributed by atoms with Gasteiger partial charge in [0, 0.05) is 24.6 Å². The molecular weight excluding hydrogens is 372 g/mol. The zero-order chi connectivity index (χ0) is 18.9. The third-order valence-electron chi connectivity index (χ3n) is 5.59. The van der Waals surface area contributed by atoms with E-state index in [4.69, 9.17) is 9.72 Å². The minimum atomic E-state index is -0.0602. The number of thioether (sulfide) groups is 1. The molecule has 0 amide bonds. The Balaban J connectivity index is 1.61. The second-order valence-electron chi connectivity index (χ2n) is 7.50. The van der Waals surface area contributed by atoms with E-state index in [0.717, 1.165) is 67.5 Å². The molecule has 0 N–H and O–H groups in total. The van der Waals surface area contributed by atoms with Gasteiger partial charge in [-0.25, -0.2) is 4.98 Å². The number of rotatable bonds is 4. The van der Waals surface area contributed by atoms with Crippen LogP contribution in [0.15, 0.2) is 40.3 Å². The zero-order valence-electron chi connectivity index (χ0n) is 15.8. The van der Waals surface area contributed by atoms with Gasteiger partial charge in [-0.05, 0) is 44.2 Å². The van der Waals surface area contributed by atoms with Crippen molar-refractivity contribution in [2.75, 3.05) is 12.4 Å². The van der Waals surface area contributed by atoms with Crippen molar-refractivity contribution in [2.24, 2.45) is 0 Å². The van der Waals surface area contributed by atoms with Gasteiger partial charge in [-0.1, -0.05) is 36.4 Å². The summed E-state index contributed by atoms with van der Waals surface area (Å²) in [7, 11) is 0. The van der Waals surface area contributed by atoms with Gasteiger partial charge in [-0.3, -0.25) is 4.79 Å². The highest BCUT2D eigenvalue weighted by Crippen LogP contribution is 2.31. The fourth-order valence-electron chi connectivity index (χ4n) is 4.15. The van der Waals surface area contributed by atoms with Crippen LogP contribution >= 0.6 is 11.8 Å². The fourth-order valence-corrected chi connectivity index (χ4v) is 5.26. The molecule has 1 aromatic rings. The SMILES string of the molecule is O=c1c2c3n(c(SC[C@H]4CCCO4)nc-2nn1-c1ccccc1)CCCCC3. The van der Waals surface area contributed by atoms with Gasteiger partial charge in [0.1, 0.15) is 5.56 Å². The monoisotopic (exact) mass is 396 g/mol. The molecule has 0 unspecified atom stereocenters. The van der Waals surface area contributed by atoms with Crippen LogP contribution in [0.2, 0.25) is 0 Å². The van der Waals surface area contributed by atoms with Crippen molar-refractivity contribution >= 4 is 11.8 Å². The van der Waals surface area contributed by atoms with Crippen LogP contribution in [0.25, 0.3) is 17.1 Å². The summed E-state index contributed by atoms with van der Waals surface area (Å²) in [4.78, 5) is 18.0. The predicted molar refractivity (Wildman–Crippen MR) is 109 cm³/mol. The molecule has 7 heteroatoms. The van der Waals surface area contributed by atoms with Crippen molar-refractivity contribution in [3.05, 3.63) is 46.4 Å². The molecule has 0 radical (unpaired) electrons. The van der Waals surface area contributed by atoms with Crippen molar-refractivity contribution in [3.63, 3.8) is 0 Å². The lowest BCUT2D eigenvalue weighted by atomic mass is 10.1. The van der Waals surface area contributed by atoms with Crippen LogP contribution < -0.4 is 5.56 Å². The summed E-state index contributed by atoms with van der Waals surface area (Å²) >= 11 is 1.74. The first-order valence-electron chi connectivity index (χ1n) is 10.1. The highest BCUT2D eigenvalue weighted by molar-refractivity contribution is 7.99. The molecule has 5 rings (SSSR count). The standard InChI is InChI=1S/C21H24N4O2S/c26-20-18-17-11-5-2-6-12-24(17)21(28-14-16-10-7-13-27-16)22-19(18)23-25(20)15-8-3-1-4-9-15/h1,3-4,8-9,16H,2,5-7,10-14H2/t16-/m1/s1. The first-order valence-corrected chi connectivity index (χ1v) is 11.1. The Morgan fingerprint density at radius 1 is 1.14 bits per heavy atom. The molecule has 6 nitrogen and oxygen atoms in total. The van der Waals surface area contributed by atoms with Crippen molar-refractivity contribution in [3.8, 4) is 17.1 Å². The van der Waals surface area contributed by atoms with E-state index in [1.165, 1.54) is 11.1 Å². The largest absolute Gasteiger partial charge is 0.377 e. The van der Waals surface area contributed by atoms with Crippen molar-refractivity contribution < 1.29 is 4.74 Å². The number of hydrogen-bond donors (Lipinski definition) is 0. The molecule has 4 aliphatic heterocycles. The second-order valence-corrected chi connectivity index (χ2v) is 8.49. The molecule has 4 aliphatic rings. The maximum absolute atomic E-state index is 13.2. The summed E-state index contributed by atoms with van der Waals surface area (Å²) in [6.07, 6.45) is 6.88. The van der Waals surface area contributed by atoms with Gasteiger partial charge >= 0.3 is 0 Å². The van der Waals surface area contributed by atoms with Crippen LogP contribution in [0.4, 0.5) is 0 Å². The average molecular weight is 397 g/mol. The third kappa shape index (κ3) is 3.26. The molecule has 4 heterocycles. The maximum atomic E-state index is 13.2. The zero-order valence-corrected chi connectivity index (χ0v) is 16.7. The van der Waals surface area contributed by atoms with Gasteiger partial charge < -0.3 is 9.30 Å². The summed E-state index contributed by atoms with van der Waals surface area (Å²) < 4.78 is 9.55. The molecule has 146 valence electrons. The highest BCUT2D eigenvalue weighted by atomic mass is 32.2. The lowest BCUT2D eigenvalue weighted by Gasteiger charge is -2.18. The minimum absolute atomic E-state index is 0.0602. The second kappa shape index (κ2) is 7.72. The van der Waals surface area contributed by atoms with E-state index in [1.807, 2.05) is 30.3 Å². The fraction of sp³-hybridized carbons (Fsp3) is 0.476. The van der Waals surface area contributed by atoms with Crippen molar-refractivity contribution in [2.45, 2.75) is 56.3 Å². The number of fused-ring (bicyclic) bond motifs is 3. The van der Waals surface area contributed by atoms with E-state index in [0.29, 0.717) is 17.5 Å². The smallest absolute Gasteiger partial charge is 0.284 e. The lowest BCUT2D eigenvalue weighted by molar-refractivity contribution is 0.129. The van der Waals surface area contributed by atoms with Crippen LogP contribution in [0.3, 0.4) is 0 Å². The molecule has 28 heavy (non-hydrogen) atoms. The van der Waals surface area contributed by atoms with Crippen LogP contribution in [0.5, 0.6) is 0 Å². The van der Waals surface area contributed by atoms with E-state index in [1.54, 1.807) is 11.8 Å². The van der Waals surface area contributed by atoms with Crippen LogP contribution in [0, 0.1) is 0 Å². The first kappa shape index (κ1) is 17.9. The van der Waals surface area contributed by atoms with E-state index in [2.05, 4.69) is 9.67 Å². The summed E-state index contributed by atoms with van der Waals surface area (Å²) in [5, 5.41) is 5.57. The maximum Gasteiger partial charge on any atom is 0.284 e. The molecule has 0 aromatic heterocycles. The predicted octanol–water partition coefficient (Wildman–Crippen LogP) is 3.53. The van der Waals surface area contributed by atoms with Crippen LogP contribution in [-0.4, -0.2) is 37.8 Å². The number of hydrogen-bond acceptors (Lipinski definition) is 5. The van der Waals surface area contributed by atoms with Crippen molar-refractivity contribution in [1.29, 1.82) is 0 Å². The molecule has 0 aliphatic carbocycles. The first-order chi connectivity index (χ1) is 13.8. The molecule has 0 bridgehead atoms. The third-order valence-corrected chi connectivity index (χ3v) is 6.70. The highest BCUT2D eigenvalue weighted by Gasteiger charge is 2.27. The molecule has 0 saturated carbocycles. The minimum Gasteiger partial charge on any atom is -0.377 e. The summed E-state index contributed by atoms with van der Waals surface area (Å²) in [5.74, 6) is 1.47. The van der Waals surface area contributed by atoms with E-state index in [-0.39, 0.29) is 5.56 Å². The van der Waals surface area contributed by atoms with Gasteiger partial charge in [0.15, 0.2) is 11.0 Å². The van der Waals surface area contributed by atoms with Crippen LogP contribution in [-0.2, 0) is 17.7 Å². The Morgan fingerprint density at radius 2 is 2.04 bits per heavy atom. The Bertz CT molecular complexity index is 992. The van der Waals surface area contributed by atoms with E-state index < -0.39 is 0 Å². The van der Waals surface area contributed by atoms with Crippen LogP contribution in [0.1, 0.15) is 37.8 Å². The van der Waals surface area contributed by atoms with Crippen molar-refractivity contribution in [1.82, 2.24) is 19.3 Å². The number of ether oxygens (including phenoxy) is 1. The molecule has 0 spiro atoms.